The molecule has 0 bridgehead atoms. The van der Waals surface area contributed by atoms with Crippen LogP contribution in [0.3, 0.4) is 0 Å². The fourth-order valence-electron chi connectivity index (χ4n) is 2.26. The minimum atomic E-state index is 0.00450. The maximum absolute atomic E-state index is 12.2. The normalized spacial score (nSPS) is 16.4. The van der Waals surface area contributed by atoms with Crippen LogP contribution < -0.4 is 11.1 Å². The molecular weight excluding hydrogens is 262 g/mol. The van der Waals surface area contributed by atoms with Crippen molar-refractivity contribution in [2.45, 2.75) is 19.8 Å². The van der Waals surface area contributed by atoms with Crippen LogP contribution >= 0.6 is 11.3 Å². The smallest absolute Gasteiger partial charge is 0.266 e. The van der Waals surface area contributed by atoms with Crippen molar-refractivity contribution in [1.82, 2.24) is 10.2 Å². The summed E-state index contributed by atoms with van der Waals surface area (Å²) >= 11 is 1.39. The van der Waals surface area contributed by atoms with Gasteiger partial charge in [-0.1, -0.05) is 0 Å². The van der Waals surface area contributed by atoms with Crippen LogP contribution in [-0.2, 0) is 4.79 Å². The first-order valence-corrected chi connectivity index (χ1v) is 7.32. The van der Waals surface area contributed by atoms with Crippen molar-refractivity contribution < 1.29 is 9.59 Å². The highest BCUT2D eigenvalue weighted by molar-refractivity contribution is 7.12. The number of piperidine rings is 1. The molecule has 1 saturated heterocycles. The number of carbonyl (C=O) groups excluding carboxylic acids is 2. The van der Waals surface area contributed by atoms with Gasteiger partial charge in [-0.25, -0.2) is 0 Å². The maximum Gasteiger partial charge on any atom is 0.266 e. The second-order valence-corrected chi connectivity index (χ2v) is 5.79. The summed E-state index contributed by atoms with van der Waals surface area (Å²) in [5, 5.41) is 4.68. The number of hydrogen-bond donors (Lipinski definition) is 2. The standard InChI is InChI=1S/C13H19N3O2S/c1-9(17)15-8-10-2-5-16(6-3-10)13(18)12-11(14)4-7-19-12/h4,7,10H,2-3,5-6,8,14H2,1H3,(H,15,17). The number of thiophene rings is 1. The largest absolute Gasteiger partial charge is 0.397 e. The first-order valence-electron chi connectivity index (χ1n) is 6.44. The van der Waals surface area contributed by atoms with Crippen LogP contribution in [0.25, 0.3) is 0 Å². The predicted molar refractivity (Wildman–Crippen MR) is 76.0 cm³/mol. The Bertz CT molecular complexity index is 464. The van der Waals surface area contributed by atoms with E-state index in [1.54, 1.807) is 6.07 Å². The molecule has 0 aromatic carbocycles. The molecule has 1 aromatic heterocycles. The third-order valence-corrected chi connectivity index (χ3v) is 4.35. The molecule has 0 spiro atoms. The predicted octanol–water partition coefficient (Wildman–Crippen LogP) is 1.32. The van der Waals surface area contributed by atoms with E-state index in [0.29, 0.717) is 23.0 Å². The molecule has 1 aromatic rings. The van der Waals surface area contributed by atoms with E-state index in [1.165, 1.54) is 18.3 Å². The van der Waals surface area contributed by atoms with Gasteiger partial charge < -0.3 is 16.0 Å². The molecule has 1 aliphatic rings. The van der Waals surface area contributed by atoms with Gasteiger partial charge in [-0.15, -0.1) is 11.3 Å². The molecule has 0 aliphatic carbocycles. The lowest BCUT2D eigenvalue weighted by Gasteiger charge is -2.31. The molecule has 5 nitrogen and oxygen atoms in total. The van der Waals surface area contributed by atoms with Crippen molar-refractivity contribution in [3.63, 3.8) is 0 Å². The zero-order valence-corrected chi connectivity index (χ0v) is 11.8. The van der Waals surface area contributed by atoms with E-state index in [-0.39, 0.29) is 11.8 Å². The average molecular weight is 281 g/mol. The van der Waals surface area contributed by atoms with E-state index >= 15 is 0 Å². The van der Waals surface area contributed by atoms with E-state index in [2.05, 4.69) is 5.32 Å². The van der Waals surface area contributed by atoms with E-state index in [9.17, 15) is 9.59 Å². The van der Waals surface area contributed by atoms with Gasteiger partial charge in [-0.05, 0) is 30.2 Å². The number of nitrogens with two attached hydrogens (primary N) is 1. The van der Waals surface area contributed by atoms with Crippen LogP contribution in [-0.4, -0.2) is 36.3 Å². The molecule has 1 aliphatic heterocycles. The van der Waals surface area contributed by atoms with Crippen molar-refractivity contribution in [3.05, 3.63) is 16.3 Å². The summed E-state index contributed by atoms with van der Waals surface area (Å²) < 4.78 is 0. The number of rotatable bonds is 3. The summed E-state index contributed by atoms with van der Waals surface area (Å²) in [4.78, 5) is 25.6. The number of nitrogens with zero attached hydrogens (tertiary/aromatic N) is 1. The molecule has 6 heteroatoms. The second kappa shape index (κ2) is 6.06. The van der Waals surface area contributed by atoms with Crippen LogP contribution in [0.1, 0.15) is 29.4 Å². The number of nitrogens with one attached hydrogen (secondary N) is 1. The van der Waals surface area contributed by atoms with E-state index < -0.39 is 0 Å². The van der Waals surface area contributed by atoms with Crippen LogP contribution in [0.2, 0.25) is 0 Å². The Balaban J connectivity index is 1.85. The van der Waals surface area contributed by atoms with Crippen LogP contribution in [0, 0.1) is 5.92 Å². The number of nitrogen functional groups attached to an aromatic ring is 1. The van der Waals surface area contributed by atoms with Gasteiger partial charge in [0.15, 0.2) is 0 Å². The van der Waals surface area contributed by atoms with Gasteiger partial charge in [0.2, 0.25) is 5.91 Å². The molecule has 2 rings (SSSR count). The number of anilines is 1. The van der Waals surface area contributed by atoms with E-state index in [1.807, 2.05) is 10.3 Å². The molecule has 104 valence electrons. The van der Waals surface area contributed by atoms with Gasteiger partial charge >= 0.3 is 0 Å². The average Bonchev–Trinajstić information content (AvgIpc) is 2.82. The highest BCUT2D eigenvalue weighted by atomic mass is 32.1. The third-order valence-electron chi connectivity index (χ3n) is 3.43. The fourth-order valence-corrected chi connectivity index (χ4v) is 3.05. The Kier molecular flexibility index (Phi) is 4.42. The minimum Gasteiger partial charge on any atom is -0.397 e. The highest BCUT2D eigenvalue weighted by Gasteiger charge is 2.25. The van der Waals surface area contributed by atoms with Gasteiger partial charge in [-0.3, -0.25) is 9.59 Å². The van der Waals surface area contributed by atoms with Gasteiger partial charge in [-0.2, -0.15) is 0 Å². The summed E-state index contributed by atoms with van der Waals surface area (Å²) in [6, 6.07) is 1.77. The first-order chi connectivity index (χ1) is 9.08. The minimum absolute atomic E-state index is 0.00450. The van der Waals surface area contributed by atoms with E-state index in [4.69, 9.17) is 5.73 Å². The van der Waals surface area contributed by atoms with Crippen molar-refractivity contribution in [1.29, 1.82) is 0 Å². The van der Waals surface area contributed by atoms with Gasteiger partial charge in [0.05, 0.1) is 5.69 Å². The molecule has 2 heterocycles. The molecule has 3 N–H and O–H groups in total. The first kappa shape index (κ1) is 13.9. The lowest BCUT2D eigenvalue weighted by atomic mass is 9.96. The maximum atomic E-state index is 12.2. The lowest BCUT2D eigenvalue weighted by molar-refractivity contribution is -0.119. The Labute approximate surface area is 116 Å². The van der Waals surface area contributed by atoms with Gasteiger partial charge in [0, 0.05) is 26.6 Å². The Hall–Kier alpha value is -1.56. The molecular formula is C13H19N3O2S. The molecule has 2 amide bonds. The van der Waals surface area contributed by atoms with Crippen molar-refractivity contribution in [2.24, 2.45) is 5.92 Å². The summed E-state index contributed by atoms with van der Waals surface area (Å²) in [5.41, 5.74) is 6.34. The Morgan fingerprint density at radius 2 is 2.16 bits per heavy atom. The van der Waals surface area contributed by atoms with Crippen LogP contribution in [0.5, 0.6) is 0 Å². The fraction of sp³-hybridized carbons (Fsp3) is 0.538. The SMILES string of the molecule is CC(=O)NCC1CCN(C(=O)c2sccc2N)CC1. The highest BCUT2D eigenvalue weighted by Crippen LogP contribution is 2.24. The van der Waals surface area contributed by atoms with Gasteiger partial charge in [0.25, 0.3) is 5.91 Å². The molecule has 0 radical (unpaired) electrons. The summed E-state index contributed by atoms with van der Waals surface area (Å²) in [7, 11) is 0. The van der Waals surface area contributed by atoms with Crippen LogP contribution in [0.4, 0.5) is 5.69 Å². The zero-order valence-electron chi connectivity index (χ0n) is 11.0. The molecule has 0 atom stereocenters. The molecule has 19 heavy (non-hydrogen) atoms. The molecule has 0 unspecified atom stereocenters. The second-order valence-electron chi connectivity index (χ2n) is 4.88. The number of carbonyl (C=O) groups is 2. The Morgan fingerprint density at radius 3 is 2.68 bits per heavy atom. The van der Waals surface area contributed by atoms with Crippen molar-refractivity contribution in [3.8, 4) is 0 Å². The van der Waals surface area contributed by atoms with Crippen molar-refractivity contribution in [2.75, 3.05) is 25.4 Å². The molecule has 0 saturated carbocycles. The zero-order chi connectivity index (χ0) is 13.8. The quantitative estimate of drug-likeness (QED) is 0.877. The lowest BCUT2D eigenvalue weighted by Crippen LogP contribution is -2.41. The van der Waals surface area contributed by atoms with Crippen molar-refractivity contribution >= 4 is 28.8 Å². The van der Waals surface area contributed by atoms with Gasteiger partial charge in [0.1, 0.15) is 4.88 Å². The molecule has 1 fully saturated rings. The Morgan fingerprint density at radius 1 is 1.47 bits per heavy atom. The number of amides is 2. The summed E-state index contributed by atoms with van der Waals surface area (Å²) in [6.07, 6.45) is 1.86. The number of hydrogen-bond acceptors (Lipinski definition) is 4. The monoisotopic (exact) mass is 281 g/mol. The summed E-state index contributed by atoms with van der Waals surface area (Å²) in [5.74, 6) is 0.504. The topological polar surface area (TPSA) is 75.4 Å². The third kappa shape index (κ3) is 3.47. The van der Waals surface area contributed by atoms with E-state index in [0.717, 1.165) is 25.9 Å². The summed E-state index contributed by atoms with van der Waals surface area (Å²) in [6.45, 7) is 3.71. The van der Waals surface area contributed by atoms with Crippen LogP contribution in [0.15, 0.2) is 11.4 Å². The number of likely N-dealkylation sites (tertiary alicyclic amines) is 1.